The van der Waals surface area contributed by atoms with Crippen molar-refractivity contribution in [2.24, 2.45) is 0 Å². The largest absolute Gasteiger partial charge is 0.506 e. The molecule has 2 rings (SSSR count). The van der Waals surface area contributed by atoms with Gasteiger partial charge in [-0.15, -0.1) is 0 Å². The van der Waals surface area contributed by atoms with Gasteiger partial charge in [0.25, 0.3) is 5.56 Å². The monoisotopic (exact) mass is 266 g/mol. The number of benzene rings is 1. The van der Waals surface area contributed by atoms with Crippen LogP contribution in [0.15, 0.2) is 45.8 Å². The number of hydrogen-bond donors (Lipinski definition) is 1. The highest BCUT2D eigenvalue weighted by atomic mass is 79.9. The molecule has 0 aliphatic heterocycles. The molecule has 15 heavy (non-hydrogen) atoms. The average molecular weight is 267 g/mol. The summed E-state index contributed by atoms with van der Waals surface area (Å²) in [5.74, 6) is -0.131. The molecule has 0 atom stereocenters. The van der Waals surface area contributed by atoms with Crippen molar-refractivity contribution in [2.75, 3.05) is 0 Å². The second-order valence-electron chi connectivity index (χ2n) is 2.94. The van der Waals surface area contributed by atoms with Crippen molar-refractivity contribution in [3.63, 3.8) is 0 Å². The molecular formula is C10H7BrN2O2. The van der Waals surface area contributed by atoms with E-state index in [0.29, 0.717) is 5.69 Å². The van der Waals surface area contributed by atoms with Crippen LogP contribution in [0.1, 0.15) is 0 Å². The average Bonchev–Trinajstić information content (AvgIpc) is 2.20. The summed E-state index contributed by atoms with van der Waals surface area (Å²) in [5.41, 5.74) is 0.292. The first-order chi connectivity index (χ1) is 7.16. The van der Waals surface area contributed by atoms with Crippen LogP contribution in [0.3, 0.4) is 0 Å². The minimum absolute atomic E-state index is 0.131. The summed E-state index contributed by atoms with van der Waals surface area (Å²) in [6.07, 6.45) is 1.23. The molecule has 0 aliphatic carbocycles. The van der Waals surface area contributed by atoms with E-state index in [-0.39, 0.29) is 11.3 Å². The van der Waals surface area contributed by atoms with E-state index in [2.05, 4.69) is 21.0 Å². The Morgan fingerprint density at radius 1 is 1.27 bits per heavy atom. The molecule has 0 aliphatic rings. The molecule has 0 spiro atoms. The Kier molecular flexibility index (Phi) is 2.55. The van der Waals surface area contributed by atoms with Gasteiger partial charge in [-0.2, -0.15) is 9.78 Å². The Morgan fingerprint density at radius 3 is 2.53 bits per heavy atom. The van der Waals surface area contributed by atoms with Crippen molar-refractivity contribution in [3.8, 4) is 11.4 Å². The third-order valence-electron chi connectivity index (χ3n) is 1.86. The molecule has 0 saturated heterocycles. The van der Waals surface area contributed by atoms with Gasteiger partial charge in [0.2, 0.25) is 0 Å². The first-order valence-electron chi connectivity index (χ1n) is 4.21. The highest BCUT2D eigenvalue weighted by molar-refractivity contribution is 9.10. The van der Waals surface area contributed by atoms with Gasteiger partial charge in [-0.05, 0) is 24.3 Å². The first-order valence-corrected chi connectivity index (χ1v) is 5.00. The van der Waals surface area contributed by atoms with E-state index >= 15 is 0 Å². The molecule has 4 nitrogen and oxygen atoms in total. The van der Waals surface area contributed by atoms with E-state index in [1.807, 2.05) is 12.1 Å². The lowest BCUT2D eigenvalue weighted by Crippen LogP contribution is -2.19. The van der Waals surface area contributed by atoms with Crippen LogP contribution >= 0.6 is 15.9 Å². The van der Waals surface area contributed by atoms with E-state index in [4.69, 9.17) is 5.11 Å². The van der Waals surface area contributed by atoms with E-state index < -0.39 is 0 Å². The first kappa shape index (κ1) is 9.92. The fourth-order valence-corrected chi connectivity index (χ4v) is 1.44. The van der Waals surface area contributed by atoms with Gasteiger partial charge >= 0.3 is 0 Å². The Morgan fingerprint density at radius 2 is 1.93 bits per heavy atom. The van der Waals surface area contributed by atoms with E-state index in [0.717, 1.165) is 10.5 Å². The van der Waals surface area contributed by atoms with Crippen molar-refractivity contribution < 1.29 is 5.11 Å². The normalized spacial score (nSPS) is 10.2. The minimum atomic E-state index is -0.364. The summed E-state index contributed by atoms with van der Waals surface area (Å²) in [6.45, 7) is 0. The maximum absolute atomic E-state index is 11.5. The SMILES string of the molecule is O=c1cc(O)cnn1-c1ccc(Br)cc1. The molecule has 0 unspecified atom stereocenters. The van der Waals surface area contributed by atoms with Crippen molar-refractivity contribution in [1.82, 2.24) is 9.78 Å². The molecule has 0 saturated carbocycles. The maximum Gasteiger partial charge on any atom is 0.275 e. The third kappa shape index (κ3) is 2.07. The van der Waals surface area contributed by atoms with Crippen molar-refractivity contribution >= 4 is 15.9 Å². The van der Waals surface area contributed by atoms with Gasteiger partial charge in [-0.25, -0.2) is 0 Å². The van der Waals surface area contributed by atoms with E-state index in [1.54, 1.807) is 12.1 Å². The molecule has 0 bridgehead atoms. The fraction of sp³-hybridized carbons (Fsp3) is 0. The number of hydrogen-bond acceptors (Lipinski definition) is 3. The highest BCUT2D eigenvalue weighted by Gasteiger charge is 2.01. The minimum Gasteiger partial charge on any atom is -0.506 e. The van der Waals surface area contributed by atoms with Gasteiger partial charge < -0.3 is 5.11 Å². The number of halogens is 1. The summed E-state index contributed by atoms with van der Waals surface area (Å²) in [6, 6.07) is 8.27. The zero-order chi connectivity index (χ0) is 10.8. The molecule has 0 radical (unpaired) electrons. The predicted molar refractivity (Wildman–Crippen MR) is 59.2 cm³/mol. The molecule has 76 valence electrons. The molecular weight excluding hydrogens is 260 g/mol. The van der Waals surface area contributed by atoms with Gasteiger partial charge in [0.05, 0.1) is 11.9 Å². The number of nitrogens with zero attached hydrogens (tertiary/aromatic N) is 2. The molecule has 5 heteroatoms. The standard InChI is InChI=1S/C10H7BrN2O2/c11-7-1-3-8(4-2-7)13-10(15)5-9(14)6-12-13/h1-6,14H. The molecule has 0 fully saturated rings. The zero-order valence-corrected chi connectivity index (χ0v) is 9.18. The van der Waals surface area contributed by atoms with Crippen LogP contribution in [0.5, 0.6) is 5.75 Å². The van der Waals surface area contributed by atoms with Crippen LogP contribution in [0, 0.1) is 0 Å². The lowest BCUT2D eigenvalue weighted by atomic mass is 10.3. The molecule has 2 aromatic rings. The van der Waals surface area contributed by atoms with Crippen LogP contribution in [-0.4, -0.2) is 14.9 Å². The molecule has 1 heterocycles. The van der Waals surface area contributed by atoms with Crippen LogP contribution in [0.25, 0.3) is 5.69 Å². The number of aromatic hydroxyl groups is 1. The van der Waals surface area contributed by atoms with Crippen LogP contribution in [-0.2, 0) is 0 Å². The third-order valence-corrected chi connectivity index (χ3v) is 2.39. The summed E-state index contributed by atoms with van der Waals surface area (Å²) < 4.78 is 2.14. The summed E-state index contributed by atoms with van der Waals surface area (Å²) in [7, 11) is 0. The number of rotatable bonds is 1. The Bertz CT molecular complexity index is 534. The quantitative estimate of drug-likeness (QED) is 0.855. The topological polar surface area (TPSA) is 55.1 Å². The summed E-state index contributed by atoms with van der Waals surface area (Å²) in [4.78, 5) is 11.5. The smallest absolute Gasteiger partial charge is 0.275 e. The van der Waals surface area contributed by atoms with E-state index in [9.17, 15) is 4.79 Å². The van der Waals surface area contributed by atoms with E-state index in [1.165, 1.54) is 10.9 Å². The second kappa shape index (κ2) is 3.86. The molecule has 1 aromatic heterocycles. The second-order valence-corrected chi connectivity index (χ2v) is 3.86. The molecule has 1 aromatic carbocycles. The molecule has 1 N–H and O–H groups in total. The van der Waals surface area contributed by atoms with Crippen LogP contribution in [0.4, 0.5) is 0 Å². The Hall–Kier alpha value is -1.62. The van der Waals surface area contributed by atoms with Crippen molar-refractivity contribution in [1.29, 1.82) is 0 Å². The summed E-state index contributed by atoms with van der Waals surface area (Å²) >= 11 is 3.30. The van der Waals surface area contributed by atoms with Crippen molar-refractivity contribution in [2.45, 2.75) is 0 Å². The van der Waals surface area contributed by atoms with Crippen molar-refractivity contribution in [3.05, 3.63) is 51.4 Å². The number of aromatic nitrogens is 2. The van der Waals surface area contributed by atoms with Gasteiger partial charge in [0.1, 0.15) is 5.75 Å². The highest BCUT2D eigenvalue weighted by Crippen LogP contribution is 2.12. The van der Waals surface area contributed by atoms with Gasteiger partial charge in [-0.1, -0.05) is 15.9 Å². The maximum atomic E-state index is 11.5. The van der Waals surface area contributed by atoms with Gasteiger partial charge in [0.15, 0.2) is 0 Å². The van der Waals surface area contributed by atoms with Gasteiger partial charge in [0, 0.05) is 10.5 Å². The fourth-order valence-electron chi connectivity index (χ4n) is 1.17. The Labute approximate surface area is 93.9 Å². The predicted octanol–water partition coefficient (Wildman–Crippen LogP) is 1.70. The van der Waals surface area contributed by atoms with Crippen LogP contribution in [0.2, 0.25) is 0 Å². The Balaban J connectivity index is 2.55. The summed E-state index contributed by atoms with van der Waals surface area (Å²) in [5, 5.41) is 12.9. The zero-order valence-electron chi connectivity index (χ0n) is 7.59. The molecule has 0 amide bonds. The van der Waals surface area contributed by atoms with Crippen LogP contribution < -0.4 is 5.56 Å². The lowest BCUT2D eigenvalue weighted by Gasteiger charge is -2.03. The van der Waals surface area contributed by atoms with Gasteiger partial charge in [-0.3, -0.25) is 4.79 Å². The lowest BCUT2D eigenvalue weighted by molar-refractivity contribution is 0.467.